The number of nitrogens with zero attached hydrogens (tertiary/aromatic N) is 5. The highest BCUT2D eigenvalue weighted by atomic mass is 15.4. The Morgan fingerprint density at radius 3 is 2.62 bits per heavy atom. The molecule has 6 heteroatoms. The van der Waals surface area contributed by atoms with E-state index in [0.717, 1.165) is 29.2 Å². The number of benzene rings is 1. The summed E-state index contributed by atoms with van der Waals surface area (Å²) in [5.41, 5.74) is 9.03. The monoisotopic (exact) mass is 282 g/mol. The van der Waals surface area contributed by atoms with Crippen LogP contribution in [0.1, 0.15) is 18.2 Å². The summed E-state index contributed by atoms with van der Waals surface area (Å²) in [6.45, 7) is 3.99. The zero-order valence-corrected chi connectivity index (χ0v) is 12.1. The molecule has 0 spiro atoms. The van der Waals surface area contributed by atoms with E-state index in [1.165, 1.54) is 6.33 Å². The maximum atomic E-state index is 5.98. The first-order chi connectivity index (χ1) is 10.2. The van der Waals surface area contributed by atoms with Crippen molar-refractivity contribution in [1.29, 1.82) is 0 Å². The first kappa shape index (κ1) is 13.5. The second kappa shape index (κ2) is 5.49. The summed E-state index contributed by atoms with van der Waals surface area (Å²) in [6.07, 6.45) is 3.95. The fraction of sp³-hybridized carbons (Fsp3) is 0.267. The van der Waals surface area contributed by atoms with Crippen LogP contribution in [0.15, 0.2) is 43.0 Å². The van der Waals surface area contributed by atoms with Gasteiger partial charge < -0.3 is 5.73 Å². The highest BCUT2D eigenvalue weighted by Crippen LogP contribution is 2.22. The summed E-state index contributed by atoms with van der Waals surface area (Å²) in [5, 5.41) is 8.92. The van der Waals surface area contributed by atoms with Crippen molar-refractivity contribution in [2.45, 2.75) is 26.3 Å². The topological polar surface area (TPSA) is 74.5 Å². The summed E-state index contributed by atoms with van der Waals surface area (Å²) in [6, 6.07) is 10.0. The zero-order chi connectivity index (χ0) is 14.8. The van der Waals surface area contributed by atoms with E-state index >= 15 is 0 Å². The van der Waals surface area contributed by atoms with E-state index < -0.39 is 0 Å². The largest absolute Gasteiger partial charge is 0.328 e. The van der Waals surface area contributed by atoms with E-state index in [4.69, 9.17) is 5.73 Å². The van der Waals surface area contributed by atoms with Gasteiger partial charge in [-0.25, -0.2) is 14.3 Å². The number of hydrogen-bond donors (Lipinski definition) is 1. The lowest BCUT2D eigenvalue weighted by Gasteiger charge is -2.10. The average Bonchev–Trinajstić information content (AvgIpc) is 3.08. The van der Waals surface area contributed by atoms with Crippen molar-refractivity contribution in [1.82, 2.24) is 24.5 Å². The molecule has 6 nitrogen and oxygen atoms in total. The van der Waals surface area contributed by atoms with E-state index in [2.05, 4.69) is 15.2 Å². The second-order valence-electron chi connectivity index (χ2n) is 5.16. The van der Waals surface area contributed by atoms with Crippen LogP contribution < -0.4 is 5.73 Å². The SMILES string of the molecule is Cc1nn(-c2ccccc2)c(-n2cncn2)c1CC(C)N. The highest BCUT2D eigenvalue weighted by molar-refractivity contribution is 5.45. The zero-order valence-electron chi connectivity index (χ0n) is 12.1. The molecule has 2 N–H and O–H groups in total. The van der Waals surface area contributed by atoms with Gasteiger partial charge in [0.05, 0.1) is 11.4 Å². The third-order valence-corrected chi connectivity index (χ3v) is 3.32. The van der Waals surface area contributed by atoms with Crippen molar-refractivity contribution >= 4 is 0 Å². The van der Waals surface area contributed by atoms with Gasteiger partial charge in [-0.1, -0.05) is 18.2 Å². The Balaban J connectivity index is 2.21. The van der Waals surface area contributed by atoms with Crippen LogP contribution in [0.25, 0.3) is 11.5 Å². The lowest BCUT2D eigenvalue weighted by molar-refractivity contribution is 0.715. The number of rotatable bonds is 4. The number of aryl methyl sites for hydroxylation is 1. The minimum Gasteiger partial charge on any atom is -0.328 e. The molecule has 2 aromatic heterocycles. The van der Waals surface area contributed by atoms with E-state index in [1.54, 1.807) is 11.0 Å². The van der Waals surface area contributed by atoms with Gasteiger partial charge in [-0.2, -0.15) is 10.2 Å². The van der Waals surface area contributed by atoms with Crippen molar-refractivity contribution in [3.63, 3.8) is 0 Å². The number of hydrogen-bond acceptors (Lipinski definition) is 4. The van der Waals surface area contributed by atoms with Crippen LogP contribution in [0, 0.1) is 6.92 Å². The fourth-order valence-corrected chi connectivity index (χ4v) is 2.41. The number of nitrogens with two attached hydrogens (primary N) is 1. The smallest absolute Gasteiger partial charge is 0.162 e. The molecule has 1 unspecified atom stereocenters. The summed E-state index contributed by atoms with van der Waals surface area (Å²) in [7, 11) is 0. The maximum Gasteiger partial charge on any atom is 0.162 e. The molecule has 0 radical (unpaired) electrons. The van der Waals surface area contributed by atoms with Crippen molar-refractivity contribution in [2.75, 3.05) is 0 Å². The Kier molecular flexibility index (Phi) is 3.53. The van der Waals surface area contributed by atoms with Crippen LogP contribution in [0.4, 0.5) is 0 Å². The fourth-order valence-electron chi connectivity index (χ4n) is 2.41. The van der Waals surface area contributed by atoms with Gasteiger partial charge in [-0.3, -0.25) is 0 Å². The van der Waals surface area contributed by atoms with Gasteiger partial charge in [-0.05, 0) is 32.4 Å². The molecule has 0 aliphatic heterocycles. The summed E-state index contributed by atoms with van der Waals surface area (Å²) in [5.74, 6) is 0.897. The summed E-state index contributed by atoms with van der Waals surface area (Å²) in [4.78, 5) is 4.04. The molecule has 21 heavy (non-hydrogen) atoms. The van der Waals surface area contributed by atoms with Crippen LogP contribution in [0.3, 0.4) is 0 Å². The average molecular weight is 282 g/mol. The Hall–Kier alpha value is -2.47. The van der Waals surface area contributed by atoms with Crippen LogP contribution >= 0.6 is 0 Å². The molecule has 0 amide bonds. The molecule has 0 saturated carbocycles. The van der Waals surface area contributed by atoms with E-state index in [0.29, 0.717) is 0 Å². The normalized spacial score (nSPS) is 12.5. The number of para-hydroxylation sites is 1. The van der Waals surface area contributed by atoms with Crippen LogP contribution in [-0.4, -0.2) is 30.6 Å². The van der Waals surface area contributed by atoms with E-state index in [-0.39, 0.29) is 6.04 Å². The Morgan fingerprint density at radius 1 is 1.24 bits per heavy atom. The lowest BCUT2D eigenvalue weighted by atomic mass is 10.1. The predicted molar refractivity (Wildman–Crippen MR) is 80.6 cm³/mol. The first-order valence-corrected chi connectivity index (χ1v) is 6.91. The number of aromatic nitrogens is 5. The van der Waals surface area contributed by atoms with Crippen molar-refractivity contribution < 1.29 is 0 Å². The molecule has 2 heterocycles. The van der Waals surface area contributed by atoms with Gasteiger partial charge in [-0.15, -0.1) is 0 Å². The molecule has 0 aliphatic rings. The molecule has 0 fully saturated rings. The molecule has 1 aromatic carbocycles. The van der Waals surface area contributed by atoms with Gasteiger partial charge in [0.1, 0.15) is 12.7 Å². The Bertz CT molecular complexity index is 712. The van der Waals surface area contributed by atoms with Gasteiger partial charge in [0.2, 0.25) is 0 Å². The van der Waals surface area contributed by atoms with Crippen LogP contribution in [0.2, 0.25) is 0 Å². The third kappa shape index (κ3) is 2.57. The van der Waals surface area contributed by atoms with Gasteiger partial charge >= 0.3 is 0 Å². The van der Waals surface area contributed by atoms with Crippen molar-refractivity contribution in [3.05, 3.63) is 54.2 Å². The first-order valence-electron chi connectivity index (χ1n) is 6.91. The molecule has 0 bridgehead atoms. The molecule has 3 rings (SSSR count). The standard InChI is InChI=1S/C15H18N6/c1-11(16)8-14-12(2)19-21(13-6-4-3-5-7-13)15(14)20-10-17-9-18-20/h3-7,9-11H,8,16H2,1-2H3. The summed E-state index contributed by atoms with van der Waals surface area (Å²) >= 11 is 0. The van der Waals surface area contributed by atoms with E-state index in [9.17, 15) is 0 Å². The van der Waals surface area contributed by atoms with E-state index in [1.807, 2.05) is 48.9 Å². The highest BCUT2D eigenvalue weighted by Gasteiger charge is 2.19. The molecule has 1 atom stereocenters. The summed E-state index contributed by atoms with van der Waals surface area (Å²) < 4.78 is 3.63. The minimum absolute atomic E-state index is 0.0550. The third-order valence-electron chi connectivity index (χ3n) is 3.32. The lowest BCUT2D eigenvalue weighted by Crippen LogP contribution is -2.19. The van der Waals surface area contributed by atoms with Gasteiger partial charge in [0, 0.05) is 11.6 Å². The molecule has 3 aromatic rings. The quantitative estimate of drug-likeness (QED) is 0.789. The molecule has 108 valence electrons. The second-order valence-corrected chi connectivity index (χ2v) is 5.16. The Labute approximate surface area is 123 Å². The van der Waals surface area contributed by atoms with Crippen molar-refractivity contribution in [2.24, 2.45) is 5.73 Å². The maximum absolute atomic E-state index is 5.98. The minimum atomic E-state index is 0.0550. The molecule has 0 saturated heterocycles. The Morgan fingerprint density at radius 2 is 2.00 bits per heavy atom. The van der Waals surface area contributed by atoms with Gasteiger partial charge in [0.15, 0.2) is 5.82 Å². The molecule has 0 aliphatic carbocycles. The van der Waals surface area contributed by atoms with Crippen LogP contribution in [-0.2, 0) is 6.42 Å². The van der Waals surface area contributed by atoms with Gasteiger partial charge in [0.25, 0.3) is 0 Å². The molecular formula is C15H18N6. The van der Waals surface area contributed by atoms with Crippen molar-refractivity contribution in [3.8, 4) is 11.5 Å². The molecular weight excluding hydrogens is 264 g/mol. The van der Waals surface area contributed by atoms with Crippen LogP contribution in [0.5, 0.6) is 0 Å². The predicted octanol–water partition coefficient (Wildman–Crippen LogP) is 1.65.